The lowest BCUT2D eigenvalue weighted by Gasteiger charge is -2.25. The van der Waals surface area contributed by atoms with Crippen molar-refractivity contribution in [3.63, 3.8) is 0 Å². The van der Waals surface area contributed by atoms with Crippen LogP contribution in [0.2, 0.25) is 0 Å². The number of piperidine rings is 1. The molecular formula is C12H21N3O4. The number of carboxylic acid groups (broad SMARTS) is 1. The van der Waals surface area contributed by atoms with Crippen molar-refractivity contribution in [2.75, 3.05) is 6.54 Å². The first kappa shape index (κ1) is 14.2. The van der Waals surface area contributed by atoms with E-state index in [1.807, 2.05) is 4.90 Å². The van der Waals surface area contributed by atoms with Gasteiger partial charge >= 0.3 is 5.97 Å². The summed E-state index contributed by atoms with van der Waals surface area (Å²) in [4.78, 5) is 25.1. The molecular weight excluding hydrogens is 250 g/mol. The van der Waals surface area contributed by atoms with E-state index in [9.17, 15) is 19.8 Å². The number of carboxylic acids is 1. The minimum Gasteiger partial charge on any atom is -0.480 e. The summed E-state index contributed by atoms with van der Waals surface area (Å²) < 4.78 is 0. The number of carbonyl (C=O) groups excluding carboxylic acids is 1. The molecule has 0 aliphatic carbocycles. The molecule has 5 N–H and O–H groups in total. The van der Waals surface area contributed by atoms with Crippen molar-refractivity contribution >= 4 is 11.9 Å². The third-order valence-corrected chi connectivity index (χ3v) is 4.01. The zero-order valence-corrected chi connectivity index (χ0v) is 11.1. The zero-order chi connectivity index (χ0) is 14.3. The normalized spacial score (nSPS) is 35.6. The molecule has 0 saturated carbocycles. The van der Waals surface area contributed by atoms with Gasteiger partial charge in [0.05, 0.1) is 12.1 Å². The van der Waals surface area contributed by atoms with Crippen LogP contribution >= 0.6 is 0 Å². The van der Waals surface area contributed by atoms with Crippen molar-refractivity contribution in [1.29, 1.82) is 0 Å². The molecule has 7 nitrogen and oxygen atoms in total. The minimum atomic E-state index is -1.09. The number of nitrogens with one attached hydrogen (secondary N) is 1. The highest BCUT2D eigenvalue weighted by molar-refractivity contribution is 5.87. The summed E-state index contributed by atoms with van der Waals surface area (Å²) in [6.07, 6.45) is -0.124. The SMILES string of the molecule is CC(C)[C@H](N)C(=O)NC(C(=O)O)C1CC(O)C2CN21. The van der Waals surface area contributed by atoms with Crippen molar-refractivity contribution in [3.05, 3.63) is 0 Å². The van der Waals surface area contributed by atoms with Crippen LogP contribution in [0, 0.1) is 5.92 Å². The van der Waals surface area contributed by atoms with Crippen molar-refractivity contribution in [2.45, 2.75) is 50.5 Å². The predicted octanol–water partition coefficient (Wildman–Crippen LogP) is -1.64. The smallest absolute Gasteiger partial charge is 0.327 e. The second-order valence-electron chi connectivity index (χ2n) is 5.73. The molecule has 0 spiro atoms. The number of aliphatic hydroxyl groups is 1. The standard InChI is InChI=1S/C12H21N3O4/c1-5(2)9(13)11(17)14-10(12(18)19)6-3-8(16)7-4-15(6)7/h5-10,16H,3-4,13H2,1-2H3,(H,14,17)(H,18,19)/t6?,7?,8?,9-,10?,15?/m0/s1. The van der Waals surface area contributed by atoms with Crippen LogP contribution in [0.25, 0.3) is 0 Å². The fourth-order valence-electron chi connectivity index (χ4n) is 2.64. The Labute approximate surface area is 111 Å². The van der Waals surface area contributed by atoms with Crippen LogP contribution in [-0.4, -0.2) is 63.8 Å². The van der Waals surface area contributed by atoms with E-state index >= 15 is 0 Å². The monoisotopic (exact) mass is 271 g/mol. The van der Waals surface area contributed by atoms with E-state index in [2.05, 4.69) is 5.32 Å². The maximum Gasteiger partial charge on any atom is 0.327 e. The Morgan fingerprint density at radius 3 is 2.42 bits per heavy atom. The summed E-state index contributed by atoms with van der Waals surface area (Å²) in [5.41, 5.74) is 5.71. The van der Waals surface area contributed by atoms with E-state index < -0.39 is 30.1 Å². The van der Waals surface area contributed by atoms with Gasteiger partial charge in [0.2, 0.25) is 5.91 Å². The molecule has 6 atom stereocenters. The predicted molar refractivity (Wildman–Crippen MR) is 67.3 cm³/mol. The van der Waals surface area contributed by atoms with Gasteiger partial charge in [0.1, 0.15) is 6.04 Å². The van der Waals surface area contributed by atoms with Crippen LogP contribution in [0.4, 0.5) is 0 Å². The van der Waals surface area contributed by atoms with Crippen LogP contribution in [0.1, 0.15) is 20.3 Å². The largest absolute Gasteiger partial charge is 0.480 e. The molecule has 1 amide bonds. The molecule has 0 radical (unpaired) electrons. The maximum absolute atomic E-state index is 11.9. The number of hydrogen-bond donors (Lipinski definition) is 4. The van der Waals surface area contributed by atoms with Gasteiger partial charge in [0, 0.05) is 18.6 Å². The Bertz CT molecular complexity index is 387. The average molecular weight is 271 g/mol. The molecule has 2 saturated heterocycles. The van der Waals surface area contributed by atoms with Crippen molar-refractivity contribution in [2.24, 2.45) is 11.7 Å². The molecule has 108 valence electrons. The van der Waals surface area contributed by atoms with Crippen LogP contribution in [0.3, 0.4) is 0 Å². The third-order valence-electron chi connectivity index (χ3n) is 4.01. The van der Waals surface area contributed by atoms with Gasteiger partial charge in [-0.2, -0.15) is 0 Å². The molecule has 2 aliphatic rings. The third kappa shape index (κ3) is 2.72. The van der Waals surface area contributed by atoms with Gasteiger partial charge in [0.15, 0.2) is 0 Å². The second kappa shape index (κ2) is 5.07. The number of carbonyl (C=O) groups is 2. The Kier molecular flexibility index (Phi) is 3.80. The number of fused-ring (bicyclic) bond motifs is 1. The van der Waals surface area contributed by atoms with Gasteiger partial charge in [-0.15, -0.1) is 0 Å². The topological polar surface area (TPSA) is 116 Å². The zero-order valence-electron chi connectivity index (χ0n) is 11.1. The molecule has 2 heterocycles. The maximum atomic E-state index is 11.9. The lowest BCUT2D eigenvalue weighted by atomic mass is 10.0. The van der Waals surface area contributed by atoms with Crippen LogP contribution in [0.15, 0.2) is 0 Å². The summed E-state index contributed by atoms with van der Waals surface area (Å²) in [5.74, 6) is -1.60. The summed E-state index contributed by atoms with van der Waals surface area (Å²) in [5, 5.41) is 21.5. The number of aliphatic hydroxyl groups excluding tert-OH is 1. The van der Waals surface area contributed by atoms with Crippen molar-refractivity contribution in [3.8, 4) is 0 Å². The van der Waals surface area contributed by atoms with E-state index in [1.54, 1.807) is 13.8 Å². The lowest BCUT2D eigenvalue weighted by molar-refractivity contribution is -0.143. The van der Waals surface area contributed by atoms with Gasteiger partial charge in [-0.3, -0.25) is 9.69 Å². The Morgan fingerprint density at radius 1 is 1.42 bits per heavy atom. The molecule has 0 aromatic heterocycles. The first-order valence-electron chi connectivity index (χ1n) is 6.55. The summed E-state index contributed by atoms with van der Waals surface area (Å²) in [6, 6.07) is -2.03. The van der Waals surface area contributed by atoms with Crippen LogP contribution in [-0.2, 0) is 9.59 Å². The highest BCUT2D eigenvalue weighted by Gasteiger charge is 2.55. The minimum absolute atomic E-state index is 0.0578. The van der Waals surface area contributed by atoms with Crippen molar-refractivity contribution < 1.29 is 19.8 Å². The number of nitrogens with zero attached hydrogens (tertiary/aromatic N) is 1. The van der Waals surface area contributed by atoms with E-state index in [0.717, 1.165) is 0 Å². The fourth-order valence-corrected chi connectivity index (χ4v) is 2.64. The van der Waals surface area contributed by atoms with Gasteiger partial charge in [-0.1, -0.05) is 13.8 Å². The van der Waals surface area contributed by atoms with Gasteiger partial charge in [-0.05, 0) is 12.3 Å². The molecule has 2 aliphatic heterocycles. The first-order valence-corrected chi connectivity index (χ1v) is 6.55. The van der Waals surface area contributed by atoms with Crippen molar-refractivity contribution in [1.82, 2.24) is 10.2 Å². The Balaban J connectivity index is 2.01. The molecule has 0 aromatic rings. The lowest BCUT2D eigenvalue weighted by Crippen LogP contribution is -2.55. The number of aliphatic carboxylic acids is 1. The summed E-state index contributed by atoms with van der Waals surface area (Å²) in [6.45, 7) is 4.31. The second-order valence-corrected chi connectivity index (χ2v) is 5.73. The Morgan fingerprint density at radius 2 is 2.05 bits per heavy atom. The number of hydrogen-bond acceptors (Lipinski definition) is 5. The van der Waals surface area contributed by atoms with E-state index in [4.69, 9.17) is 5.73 Å². The van der Waals surface area contributed by atoms with Crippen LogP contribution in [0.5, 0.6) is 0 Å². The average Bonchev–Trinajstić information content (AvgIpc) is 3.05. The van der Waals surface area contributed by atoms with Gasteiger partial charge < -0.3 is 21.3 Å². The molecule has 2 fully saturated rings. The molecule has 7 heteroatoms. The number of rotatable bonds is 5. The molecule has 2 rings (SSSR count). The number of amides is 1. The van der Waals surface area contributed by atoms with E-state index in [1.165, 1.54) is 0 Å². The molecule has 5 unspecified atom stereocenters. The Hall–Kier alpha value is -1.18. The first-order chi connectivity index (χ1) is 8.82. The number of nitrogens with two attached hydrogens (primary N) is 1. The van der Waals surface area contributed by atoms with E-state index in [0.29, 0.717) is 13.0 Å². The highest BCUT2D eigenvalue weighted by Crippen LogP contribution is 2.37. The van der Waals surface area contributed by atoms with E-state index in [-0.39, 0.29) is 18.0 Å². The summed E-state index contributed by atoms with van der Waals surface area (Å²) >= 11 is 0. The quantitative estimate of drug-likeness (QED) is 0.446. The molecule has 19 heavy (non-hydrogen) atoms. The highest BCUT2D eigenvalue weighted by atomic mass is 16.4. The fraction of sp³-hybridized carbons (Fsp3) is 0.833. The molecule has 0 bridgehead atoms. The van der Waals surface area contributed by atoms with Gasteiger partial charge in [0.25, 0.3) is 0 Å². The molecule has 0 aromatic carbocycles. The summed E-state index contributed by atoms with van der Waals surface area (Å²) in [7, 11) is 0. The van der Waals surface area contributed by atoms with Crippen LogP contribution < -0.4 is 11.1 Å². The van der Waals surface area contributed by atoms with Gasteiger partial charge in [-0.25, -0.2) is 4.79 Å².